The SMILES string of the molecule is COC(=O)C1=CC(SC)C(/C=C\SC)(C(=O)OC)CC1. The molecule has 0 bridgehead atoms. The lowest BCUT2D eigenvalue weighted by atomic mass is 9.74. The summed E-state index contributed by atoms with van der Waals surface area (Å²) in [5.74, 6) is -0.585. The van der Waals surface area contributed by atoms with Crippen molar-refractivity contribution in [2.24, 2.45) is 5.41 Å². The number of methoxy groups -OCH3 is 2. The molecule has 0 aliphatic heterocycles. The first-order valence-corrected chi connectivity index (χ1v) is 8.74. The van der Waals surface area contributed by atoms with Gasteiger partial charge in [0.2, 0.25) is 0 Å². The first-order valence-electron chi connectivity index (χ1n) is 6.16. The van der Waals surface area contributed by atoms with Gasteiger partial charge in [-0.1, -0.05) is 12.2 Å². The summed E-state index contributed by atoms with van der Waals surface area (Å²) in [4.78, 5) is 23.9. The quantitative estimate of drug-likeness (QED) is 0.727. The Morgan fingerprint density at radius 2 is 2.05 bits per heavy atom. The summed E-state index contributed by atoms with van der Waals surface area (Å²) < 4.78 is 9.75. The fraction of sp³-hybridized carbons (Fsp3) is 0.571. The molecule has 4 nitrogen and oxygen atoms in total. The predicted molar refractivity (Wildman–Crippen MR) is 83.7 cm³/mol. The summed E-state index contributed by atoms with van der Waals surface area (Å²) in [6, 6.07) is 0. The summed E-state index contributed by atoms with van der Waals surface area (Å²) in [5, 5.41) is 1.76. The van der Waals surface area contributed by atoms with Crippen LogP contribution in [0.4, 0.5) is 0 Å². The maximum Gasteiger partial charge on any atom is 0.333 e. The minimum absolute atomic E-state index is 0.138. The highest BCUT2D eigenvalue weighted by Crippen LogP contribution is 2.44. The second-order valence-corrected chi connectivity index (χ2v) is 6.13. The smallest absolute Gasteiger partial charge is 0.333 e. The Hall–Kier alpha value is -0.880. The fourth-order valence-corrected chi connectivity index (χ4v) is 3.71. The molecular formula is C14H20O4S2. The molecule has 0 aromatic heterocycles. The Morgan fingerprint density at radius 3 is 2.55 bits per heavy atom. The average molecular weight is 316 g/mol. The second-order valence-electron chi connectivity index (χ2n) is 4.41. The Labute approximate surface area is 128 Å². The molecule has 6 heteroatoms. The second kappa shape index (κ2) is 7.78. The normalized spacial score (nSPS) is 26.2. The third-order valence-corrected chi connectivity index (χ3v) is 4.91. The Kier molecular flexibility index (Phi) is 6.68. The van der Waals surface area contributed by atoms with E-state index in [0.717, 1.165) is 0 Å². The zero-order valence-electron chi connectivity index (χ0n) is 12.2. The highest BCUT2D eigenvalue weighted by Gasteiger charge is 2.46. The largest absolute Gasteiger partial charge is 0.468 e. The van der Waals surface area contributed by atoms with Crippen molar-refractivity contribution < 1.29 is 19.1 Å². The summed E-state index contributed by atoms with van der Waals surface area (Å²) >= 11 is 3.07. The van der Waals surface area contributed by atoms with Crippen LogP contribution in [0.25, 0.3) is 0 Å². The van der Waals surface area contributed by atoms with Gasteiger partial charge in [0, 0.05) is 10.8 Å². The summed E-state index contributed by atoms with van der Waals surface area (Å²) in [6.07, 6.45) is 8.65. The van der Waals surface area contributed by atoms with Crippen LogP contribution in [0.3, 0.4) is 0 Å². The lowest BCUT2D eigenvalue weighted by Gasteiger charge is -2.37. The van der Waals surface area contributed by atoms with Crippen LogP contribution in [0, 0.1) is 5.41 Å². The third-order valence-electron chi connectivity index (χ3n) is 3.44. The first kappa shape index (κ1) is 17.2. The Bertz CT molecular complexity index is 431. The topological polar surface area (TPSA) is 52.6 Å². The van der Waals surface area contributed by atoms with Crippen molar-refractivity contribution in [2.75, 3.05) is 26.7 Å². The first-order chi connectivity index (χ1) is 9.55. The van der Waals surface area contributed by atoms with Crippen LogP contribution < -0.4 is 0 Å². The molecule has 2 unspecified atom stereocenters. The monoisotopic (exact) mass is 316 g/mol. The van der Waals surface area contributed by atoms with Crippen LogP contribution in [-0.2, 0) is 19.1 Å². The molecule has 0 fully saturated rings. The molecular weight excluding hydrogens is 296 g/mol. The van der Waals surface area contributed by atoms with E-state index in [2.05, 4.69) is 0 Å². The fourth-order valence-electron chi connectivity index (χ4n) is 2.32. The van der Waals surface area contributed by atoms with Gasteiger partial charge in [0.25, 0.3) is 0 Å². The van der Waals surface area contributed by atoms with Gasteiger partial charge < -0.3 is 9.47 Å². The van der Waals surface area contributed by atoms with E-state index in [0.29, 0.717) is 18.4 Å². The van der Waals surface area contributed by atoms with E-state index >= 15 is 0 Å². The highest BCUT2D eigenvalue weighted by molar-refractivity contribution is 8.01. The number of carbonyl (C=O) groups excluding carboxylic acids is 2. The number of hydrogen-bond acceptors (Lipinski definition) is 6. The van der Waals surface area contributed by atoms with Crippen molar-refractivity contribution >= 4 is 35.5 Å². The Balaban J connectivity index is 3.19. The zero-order valence-corrected chi connectivity index (χ0v) is 13.8. The highest BCUT2D eigenvalue weighted by atomic mass is 32.2. The van der Waals surface area contributed by atoms with E-state index in [1.165, 1.54) is 37.7 Å². The van der Waals surface area contributed by atoms with Gasteiger partial charge in [-0.15, -0.1) is 11.8 Å². The van der Waals surface area contributed by atoms with E-state index in [1.54, 1.807) is 0 Å². The van der Waals surface area contributed by atoms with Crippen LogP contribution in [0.2, 0.25) is 0 Å². The average Bonchev–Trinajstić information content (AvgIpc) is 2.50. The lowest BCUT2D eigenvalue weighted by Crippen LogP contribution is -2.42. The molecule has 1 aliphatic rings. The van der Waals surface area contributed by atoms with E-state index < -0.39 is 5.41 Å². The van der Waals surface area contributed by atoms with Gasteiger partial charge in [-0.05, 0) is 30.8 Å². The van der Waals surface area contributed by atoms with E-state index in [1.807, 2.05) is 30.1 Å². The van der Waals surface area contributed by atoms with Crippen molar-refractivity contribution in [1.82, 2.24) is 0 Å². The van der Waals surface area contributed by atoms with Crippen LogP contribution >= 0.6 is 23.5 Å². The number of carbonyl (C=O) groups is 2. The number of thioether (sulfide) groups is 2. The molecule has 0 saturated heterocycles. The van der Waals surface area contributed by atoms with Gasteiger partial charge in [0.15, 0.2) is 0 Å². The van der Waals surface area contributed by atoms with Crippen LogP contribution in [0.1, 0.15) is 12.8 Å². The molecule has 112 valence electrons. The number of rotatable bonds is 5. The molecule has 2 atom stereocenters. The van der Waals surface area contributed by atoms with E-state index in [4.69, 9.17) is 9.47 Å². The maximum atomic E-state index is 12.3. The van der Waals surface area contributed by atoms with Gasteiger partial charge in [0.05, 0.1) is 14.2 Å². The van der Waals surface area contributed by atoms with E-state index in [9.17, 15) is 9.59 Å². The molecule has 0 radical (unpaired) electrons. The standard InChI is InChI=1S/C14H20O4S2/c1-17-12(15)10-5-6-14(7-8-19-3,13(16)18-2)11(9-10)20-4/h7-9,11H,5-6H2,1-4H3/b8-7-. The van der Waals surface area contributed by atoms with Crippen molar-refractivity contribution in [2.45, 2.75) is 18.1 Å². The molecule has 1 aliphatic carbocycles. The number of ether oxygens (including phenoxy) is 2. The lowest BCUT2D eigenvalue weighted by molar-refractivity contribution is -0.150. The van der Waals surface area contributed by atoms with Crippen molar-refractivity contribution in [3.8, 4) is 0 Å². The van der Waals surface area contributed by atoms with Crippen molar-refractivity contribution in [3.05, 3.63) is 23.1 Å². The molecule has 0 aromatic carbocycles. The molecule has 0 amide bonds. The van der Waals surface area contributed by atoms with Crippen molar-refractivity contribution in [1.29, 1.82) is 0 Å². The number of esters is 2. The van der Waals surface area contributed by atoms with Crippen LogP contribution in [-0.4, -0.2) is 43.9 Å². The summed E-state index contributed by atoms with van der Waals surface area (Å²) in [7, 11) is 2.76. The molecule has 20 heavy (non-hydrogen) atoms. The Morgan fingerprint density at radius 1 is 1.35 bits per heavy atom. The molecule has 0 saturated carbocycles. The molecule has 0 heterocycles. The van der Waals surface area contributed by atoms with Crippen molar-refractivity contribution in [3.63, 3.8) is 0 Å². The predicted octanol–water partition coefficient (Wildman–Crippen LogP) is 2.65. The summed E-state index contributed by atoms with van der Waals surface area (Å²) in [6.45, 7) is 0. The minimum Gasteiger partial charge on any atom is -0.468 e. The molecule has 1 rings (SSSR count). The zero-order chi connectivity index (χ0) is 15.2. The molecule has 0 spiro atoms. The third kappa shape index (κ3) is 3.41. The van der Waals surface area contributed by atoms with Gasteiger partial charge >= 0.3 is 11.9 Å². The van der Waals surface area contributed by atoms with Crippen LogP contribution in [0.15, 0.2) is 23.1 Å². The van der Waals surface area contributed by atoms with Gasteiger partial charge in [-0.2, -0.15) is 11.8 Å². The molecule has 0 N–H and O–H groups in total. The van der Waals surface area contributed by atoms with Gasteiger partial charge in [0.1, 0.15) is 5.41 Å². The van der Waals surface area contributed by atoms with Gasteiger partial charge in [-0.25, -0.2) is 4.79 Å². The number of hydrogen-bond donors (Lipinski definition) is 0. The maximum absolute atomic E-state index is 12.3. The van der Waals surface area contributed by atoms with Gasteiger partial charge in [-0.3, -0.25) is 4.79 Å². The van der Waals surface area contributed by atoms with E-state index in [-0.39, 0.29) is 17.2 Å². The molecule has 0 aromatic rings. The minimum atomic E-state index is -0.714. The van der Waals surface area contributed by atoms with Crippen LogP contribution in [0.5, 0.6) is 0 Å². The summed E-state index contributed by atoms with van der Waals surface area (Å²) in [5.41, 5.74) is -0.0850.